The summed E-state index contributed by atoms with van der Waals surface area (Å²) in [4.78, 5) is 4.80. The first-order valence-corrected chi connectivity index (χ1v) is 7.13. The third kappa shape index (κ3) is 2.86. The maximum absolute atomic E-state index is 5.71. The molecule has 0 radical (unpaired) electrons. The average Bonchev–Trinajstić information content (AvgIpc) is 2.74. The fourth-order valence-electron chi connectivity index (χ4n) is 2.48. The normalized spacial score (nSPS) is 12.6. The molecular formula is C16H25N3O. The zero-order valence-corrected chi connectivity index (χ0v) is 13.1. The second-order valence-electron chi connectivity index (χ2n) is 6.16. The minimum absolute atomic E-state index is 0.218. The van der Waals surface area contributed by atoms with Crippen molar-refractivity contribution in [3.05, 3.63) is 29.6 Å². The lowest BCUT2D eigenvalue weighted by molar-refractivity contribution is 0.0208. The lowest BCUT2D eigenvalue weighted by atomic mass is 10.0. The third-order valence-corrected chi connectivity index (χ3v) is 3.72. The molecule has 20 heavy (non-hydrogen) atoms. The summed E-state index contributed by atoms with van der Waals surface area (Å²) in [5.74, 6) is 1.07. The number of imidazole rings is 1. The molecule has 2 aromatic rings. The Balaban J connectivity index is 2.55. The van der Waals surface area contributed by atoms with Crippen molar-refractivity contribution in [2.24, 2.45) is 5.73 Å². The molecule has 110 valence electrons. The highest BCUT2D eigenvalue weighted by molar-refractivity contribution is 5.77. The van der Waals surface area contributed by atoms with Crippen molar-refractivity contribution in [3.63, 3.8) is 0 Å². The van der Waals surface area contributed by atoms with Gasteiger partial charge in [0.25, 0.3) is 0 Å². The lowest BCUT2D eigenvalue weighted by Gasteiger charge is -2.24. The first-order chi connectivity index (χ1) is 9.38. The number of rotatable bonds is 5. The van der Waals surface area contributed by atoms with Crippen molar-refractivity contribution >= 4 is 11.0 Å². The topological polar surface area (TPSA) is 53.1 Å². The molecule has 2 rings (SSSR count). The van der Waals surface area contributed by atoms with Crippen molar-refractivity contribution in [3.8, 4) is 0 Å². The summed E-state index contributed by atoms with van der Waals surface area (Å²) in [5.41, 5.74) is 8.79. The Morgan fingerprint density at radius 3 is 2.60 bits per heavy atom. The minimum Gasteiger partial charge on any atom is -0.378 e. The number of nitrogens with two attached hydrogens (primary N) is 1. The highest BCUT2D eigenvalue weighted by Crippen LogP contribution is 2.25. The molecule has 2 N–H and O–H groups in total. The predicted octanol–water partition coefficient (Wildman–Crippen LogP) is 3.04. The van der Waals surface area contributed by atoms with Gasteiger partial charge >= 0.3 is 0 Å². The SMILES string of the molecule is COC(C)(C)Cc1nc2cc(CN)ccc2n1C(C)C. The van der Waals surface area contributed by atoms with Crippen LogP contribution in [0.2, 0.25) is 0 Å². The molecule has 0 bridgehead atoms. The Morgan fingerprint density at radius 2 is 2.05 bits per heavy atom. The highest BCUT2D eigenvalue weighted by atomic mass is 16.5. The number of methoxy groups -OCH3 is 1. The van der Waals surface area contributed by atoms with E-state index in [1.807, 2.05) is 0 Å². The molecule has 0 atom stereocenters. The molecule has 1 heterocycles. The van der Waals surface area contributed by atoms with E-state index < -0.39 is 0 Å². The molecule has 0 aliphatic rings. The fourth-order valence-corrected chi connectivity index (χ4v) is 2.48. The van der Waals surface area contributed by atoms with Gasteiger partial charge in [-0.05, 0) is 45.4 Å². The summed E-state index contributed by atoms with van der Waals surface area (Å²) < 4.78 is 7.83. The van der Waals surface area contributed by atoms with Crippen LogP contribution in [0.15, 0.2) is 18.2 Å². The van der Waals surface area contributed by atoms with Gasteiger partial charge in [-0.1, -0.05) is 6.07 Å². The number of nitrogens with zero attached hydrogens (tertiary/aromatic N) is 2. The monoisotopic (exact) mass is 275 g/mol. The number of hydrogen-bond acceptors (Lipinski definition) is 3. The van der Waals surface area contributed by atoms with Crippen LogP contribution in [0, 0.1) is 0 Å². The zero-order chi connectivity index (χ0) is 14.9. The van der Waals surface area contributed by atoms with Crippen molar-refractivity contribution < 1.29 is 4.74 Å². The molecule has 4 heteroatoms. The second kappa shape index (κ2) is 5.54. The van der Waals surface area contributed by atoms with Gasteiger partial charge in [-0.15, -0.1) is 0 Å². The van der Waals surface area contributed by atoms with Crippen molar-refractivity contribution in [1.82, 2.24) is 9.55 Å². The van der Waals surface area contributed by atoms with Crippen LogP contribution in [0.25, 0.3) is 11.0 Å². The van der Waals surface area contributed by atoms with Gasteiger partial charge in [0, 0.05) is 26.1 Å². The standard InChI is InChI=1S/C16H25N3O/c1-11(2)19-14-7-6-12(10-17)8-13(14)18-15(19)9-16(3,4)20-5/h6-8,11H,9-10,17H2,1-5H3. The summed E-state index contributed by atoms with van der Waals surface area (Å²) in [6.45, 7) is 9.08. The zero-order valence-electron chi connectivity index (χ0n) is 13.1. The van der Waals surface area contributed by atoms with E-state index in [1.165, 1.54) is 5.52 Å². The molecule has 0 saturated carbocycles. The molecule has 0 unspecified atom stereocenters. The predicted molar refractivity (Wildman–Crippen MR) is 82.8 cm³/mol. The van der Waals surface area contributed by atoms with Crippen LogP contribution in [0.4, 0.5) is 0 Å². The van der Waals surface area contributed by atoms with Crippen LogP contribution in [-0.4, -0.2) is 22.3 Å². The molecule has 0 fully saturated rings. The first kappa shape index (κ1) is 15.0. The fraction of sp³-hybridized carbons (Fsp3) is 0.562. The van der Waals surface area contributed by atoms with Gasteiger partial charge < -0.3 is 15.0 Å². The van der Waals surface area contributed by atoms with E-state index in [0.717, 1.165) is 23.3 Å². The Morgan fingerprint density at radius 1 is 1.35 bits per heavy atom. The minimum atomic E-state index is -0.218. The summed E-state index contributed by atoms with van der Waals surface area (Å²) in [5, 5.41) is 0. The smallest absolute Gasteiger partial charge is 0.112 e. The van der Waals surface area contributed by atoms with Crippen LogP contribution < -0.4 is 5.73 Å². The van der Waals surface area contributed by atoms with Crippen LogP contribution in [-0.2, 0) is 17.7 Å². The van der Waals surface area contributed by atoms with Crippen LogP contribution in [0.3, 0.4) is 0 Å². The van der Waals surface area contributed by atoms with E-state index in [4.69, 9.17) is 15.5 Å². The lowest BCUT2D eigenvalue weighted by Crippen LogP contribution is -2.27. The summed E-state index contributed by atoms with van der Waals surface area (Å²) >= 11 is 0. The van der Waals surface area contributed by atoms with Crippen LogP contribution in [0.1, 0.15) is 45.1 Å². The molecule has 0 amide bonds. The Kier molecular flexibility index (Phi) is 4.16. The van der Waals surface area contributed by atoms with Crippen LogP contribution in [0.5, 0.6) is 0 Å². The molecule has 0 aliphatic heterocycles. The van der Waals surface area contributed by atoms with Crippen molar-refractivity contribution in [2.45, 2.75) is 52.3 Å². The molecule has 1 aromatic carbocycles. The van der Waals surface area contributed by atoms with Gasteiger partial charge in [-0.25, -0.2) is 4.98 Å². The van der Waals surface area contributed by atoms with Gasteiger partial charge in [-0.2, -0.15) is 0 Å². The Labute approximate surface area is 120 Å². The number of ether oxygens (including phenoxy) is 1. The number of aromatic nitrogens is 2. The van der Waals surface area contributed by atoms with Gasteiger partial charge in [0.05, 0.1) is 16.6 Å². The molecule has 4 nitrogen and oxygen atoms in total. The van der Waals surface area contributed by atoms with E-state index in [-0.39, 0.29) is 5.60 Å². The van der Waals surface area contributed by atoms with Gasteiger partial charge in [0.2, 0.25) is 0 Å². The Hall–Kier alpha value is -1.39. The van der Waals surface area contributed by atoms with E-state index in [1.54, 1.807) is 7.11 Å². The van der Waals surface area contributed by atoms with Gasteiger partial charge in [0.1, 0.15) is 5.82 Å². The molecule has 0 saturated heterocycles. The molecule has 1 aromatic heterocycles. The van der Waals surface area contributed by atoms with E-state index in [0.29, 0.717) is 12.6 Å². The number of fused-ring (bicyclic) bond motifs is 1. The maximum Gasteiger partial charge on any atom is 0.112 e. The van der Waals surface area contributed by atoms with E-state index >= 15 is 0 Å². The Bertz CT molecular complexity index is 599. The maximum atomic E-state index is 5.71. The third-order valence-electron chi connectivity index (χ3n) is 3.72. The summed E-state index contributed by atoms with van der Waals surface area (Å²) in [6.07, 6.45) is 0.786. The van der Waals surface area contributed by atoms with Crippen LogP contribution >= 0.6 is 0 Å². The summed E-state index contributed by atoms with van der Waals surface area (Å²) in [6, 6.07) is 6.64. The van der Waals surface area contributed by atoms with Gasteiger partial charge in [-0.3, -0.25) is 0 Å². The van der Waals surface area contributed by atoms with Crippen molar-refractivity contribution in [1.29, 1.82) is 0 Å². The second-order valence-corrected chi connectivity index (χ2v) is 6.16. The van der Waals surface area contributed by atoms with Gasteiger partial charge in [0.15, 0.2) is 0 Å². The van der Waals surface area contributed by atoms with E-state index in [9.17, 15) is 0 Å². The largest absolute Gasteiger partial charge is 0.378 e. The van der Waals surface area contributed by atoms with Crippen molar-refractivity contribution in [2.75, 3.05) is 7.11 Å². The highest BCUT2D eigenvalue weighted by Gasteiger charge is 2.23. The molecular weight excluding hydrogens is 250 g/mol. The quantitative estimate of drug-likeness (QED) is 0.912. The molecule has 0 spiro atoms. The number of hydrogen-bond donors (Lipinski definition) is 1. The number of benzene rings is 1. The van der Waals surface area contributed by atoms with E-state index in [2.05, 4.69) is 50.5 Å². The average molecular weight is 275 g/mol. The first-order valence-electron chi connectivity index (χ1n) is 7.13. The summed E-state index contributed by atoms with van der Waals surface area (Å²) in [7, 11) is 1.74. The molecule has 0 aliphatic carbocycles.